The zero-order valence-corrected chi connectivity index (χ0v) is 22.4. The average molecular weight is 542 g/mol. The summed E-state index contributed by atoms with van der Waals surface area (Å²) in [4.78, 5) is 15.4. The van der Waals surface area contributed by atoms with Gasteiger partial charge in [0.1, 0.15) is 12.2 Å². The predicted molar refractivity (Wildman–Crippen MR) is 141 cm³/mol. The number of rotatable bonds is 6. The van der Waals surface area contributed by atoms with Gasteiger partial charge in [-0.15, -0.1) is 10.2 Å². The number of nitrogens with one attached hydrogen (secondary N) is 1. The normalized spacial score (nSPS) is 23.8. The minimum Gasteiger partial charge on any atom is -0.505 e. The van der Waals surface area contributed by atoms with Gasteiger partial charge in [-0.05, 0) is 79.5 Å². The Bertz CT molecular complexity index is 1360. The lowest BCUT2D eigenvalue weighted by molar-refractivity contribution is -0.138. The van der Waals surface area contributed by atoms with Gasteiger partial charge in [-0.25, -0.2) is 0 Å². The Hall–Kier alpha value is -3.40. The summed E-state index contributed by atoms with van der Waals surface area (Å²) >= 11 is 0. The van der Waals surface area contributed by atoms with E-state index < -0.39 is 28.8 Å². The third-order valence-corrected chi connectivity index (χ3v) is 8.08. The van der Waals surface area contributed by atoms with Gasteiger partial charge in [0.25, 0.3) is 5.91 Å². The molecule has 0 bridgehead atoms. The number of hydrogen-bond donors (Lipinski definition) is 2. The number of anilines is 1. The molecular formula is C29H34F3N5O2. The number of amides is 1. The number of halogens is 3. The van der Waals surface area contributed by atoms with Crippen LogP contribution < -0.4 is 5.32 Å². The molecule has 2 aromatic carbocycles. The molecule has 1 saturated carbocycles. The third kappa shape index (κ3) is 5.39. The first-order valence-electron chi connectivity index (χ1n) is 13.4. The van der Waals surface area contributed by atoms with E-state index in [1.54, 1.807) is 24.5 Å². The highest BCUT2D eigenvalue weighted by molar-refractivity contribution is 6.05. The Morgan fingerprint density at radius 1 is 1.18 bits per heavy atom. The molecule has 1 atom stereocenters. The van der Waals surface area contributed by atoms with E-state index in [-0.39, 0.29) is 11.3 Å². The fourth-order valence-electron chi connectivity index (χ4n) is 6.33. The summed E-state index contributed by atoms with van der Waals surface area (Å²) in [5.41, 5.74) is -0.213. The summed E-state index contributed by atoms with van der Waals surface area (Å²) in [7, 11) is 1.88. The summed E-state index contributed by atoms with van der Waals surface area (Å²) < 4.78 is 43.4. The Labute approximate surface area is 226 Å². The van der Waals surface area contributed by atoms with Crippen LogP contribution in [-0.2, 0) is 25.2 Å². The summed E-state index contributed by atoms with van der Waals surface area (Å²) in [6.45, 7) is 6.19. The molecule has 1 aliphatic heterocycles. The number of aromatic hydroxyl groups is 1. The molecule has 1 saturated heterocycles. The molecular weight excluding hydrogens is 507 g/mol. The Kier molecular flexibility index (Phi) is 7.17. The van der Waals surface area contributed by atoms with Gasteiger partial charge < -0.3 is 15.0 Å². The first-order chi connectivity index (χ1) is 18.5. The van der Waals surface area contributed by atoms with Crippen LogP contribution >= 0.6 is 0 Å². The number of alkyl halides is 3. The molecule has 2 aliphatic rings. The zero-order valence-electron chi connectivity index (χ0n) is 22.4. The average Bonchev–Trinajstić information content (AvgIpc) is 3.29. The molecule has 10 heteroatoms. The maximum atomic E-state index is 13.8. The van der Waals surface area contributed by atoms with Crippen LogP contribution in [0.25, 0.3) is 0 Å². The second-order valence-electron chi connectivity index (χ2n) is 11.4. The van der Waals surface area contributed by atoms with Crippen molar-refractivity contribution >= 4 is 11.6 Å². The summed E-state index contributed by atoms with van der Waals surface area (Å²) in [6.07, 6.45) is 0.652. The van der Waals surface area contributed by atoms with Gasteiger partial charge >= 0.3 is 6.18 Å². The second-order valence-corrected chi connectivity index (χ2v) is 11.4. The molecule has 0 unspecified atom stereocenters. The molecule has 1 amide bonds. The molecule has 5 rings (SSSR count). The highest BCUT2D eigenvalue weighted by Crippen LogP contribution is 2.51. The molecule has 2 N–H and O–H groups in total. The van der Waals surface area contributed by atoms with Gasteiger partial charge in [-0.1, -0.05) is 26.0 Å². The molecule has 2 heterocycles. The Balaban J connectivity index is 1.44. The lowest BCUT2D eigenvalue weighted by Crippen LogP contribution is -2.43. The van der Waals surface area contributed by atoms with Gasteiger partial charge in [0.2, 0.25) is 0 Å². The third-order valence-electron chi connectivity index (χ3n) is 8.08. The molecule has 0 radical (unpaired) electrons. The number of nitrogens with zero attached hydrogens (tertiary/aromatic N) is 4. The largest absolute Gasteiger partial charge is 0.505 e. The topological polar surface area (TPSA) is 83.3 Å². The van der Waals surface area contributed by atoms with Gasteiger partial charge in [0, 0.05) is 25.7 Å². The van der Waals surface area contributed by atoms with E-state index in [1.807, 2.05) is 17.7 Å². The number of hydrogen-bond acceptors (Lipinski definition) is 5. The minimum absolute atomic E-state index is 0.249. The molecule has 39 heavy (non-hydrogen) atoms. The summed E-state index contributed by atoms with van der Waals surface area (Å²) in [5, 5.41) is 21.5. The fourth-order valence-corrected chi connectivity index (χ4v) is 6.33. The Morgan fingerprint density at radius 2 is 1.95 bits per heavy atom. The van der Waals surface area contributed by atoms with E-state index in [9.17, 15) is 23.1 Å². The Morgan fingerprint density at radius 3 is 2.59 bits per heavy atom. The van der Waals surface area contributed by atoms with Crippen molar-refractivity contribution in [1.29, 1.82) is 0 Å². The predicted octanol–water partition coefficient (Wildman–Crippen LogP) is 5.74. The van der Waals surface area contributed by atoms with E-state index in [4.69, 9.17) is 0 Å². The molecule has 2 fully saturated rings. The maximum Gasteiger partial charge on any atom is 0.420 e. The molecule has 0 spiro atoms. The number of benzene rings is 2. The lowest BCUT2D eigenvalue weighted by atomic mass is 9.58. The first-order valence-corrected chi connectivity index (χ1v) is 13.4. The summed E-state index contributed by atoms with van der Waals surface area (Å²) in [6, 6.07) is 9.51. The number of piperidine rings is 1. The van der Waals surface area contributed by atoms with Gasteiger partial charge in [-0.3, -0.25) is 9.69 Å². The second kappa shape index (κ2) is 10.3. The van der Waals surface area contributed by atoms with Crippen molar-refractivity contribution in [3.8, 4) is 5.75 Å². The van der Waals surface area contributed by atoms with E-state index in [2.05, 4.69) is 34.3 Å². The van der Waals surface area contributed by atoms with Crippen LogP contribution in [-0.4, -0.2) is 43.8 Å². The van der Waals surface area contributed by atoms with Gasteiger partial charge in [-0.2, -0.15) is 13.2 Å². The lowest BCUT2D eigenvalue weighted by Gasteiger charge is -2.46. The van der Waals surface area contributed by atoms with Crippen LogP contribution in [0.2, 0.25) is 0 Å². The number of aryl methyl sites for hydroxylation is 1. The van der Waals surface area contributed by atoms with Crippen molar-refractivity contribution < 1.29 is 23.1 Å². The number of phenolic OH excluding ortho intramolecular Hbond substituents is 1. The number of carbonyl (C=O) groups excluding carboxylic acids is 1. The summed E-state index contributed by atoms with van der Waals surface area (Å²) in [5.74, 6) is 0.177. The molecule has 3 aromatic rings. The van der Waals surface area contributed by atoms with Crippen LogP contribution in [0.1, 0.15) is 72.4 Å². The number of aromatic nitrogens is 3. The molecule has 1 aliphatic carbocycles. The number of carbonyl (C=O) groups is 1. The quantitative estimate of drug-likeness (QED) is 0.389. The molecule has 7 nitrogen and oxygen atoms in total. The fraction of sp³-hybridized carbons (Fsp3) is 0.483. The smallest absolute Gasteiger partial charge is 0.420 e. The van der Waals surface area contributed by atoms with Crippen molar-refractivity contribution in [1.82, 2.24) is 19.7 Å². The van der Waals surface area contributed by atoms with Crippen molar-refractivity contribution in [2.24, 2.45) is 18.9 Å². The highest BCUT2D eigenvalue weighted by Gasteiger charge is 2.48. The van der Waals surface area contributed by atoms with E-state index in [0.717, 1.165) is 56.2 Å². The van der Waals surface area contributed by atoms with E-state index >= 15 is 0 Å². The highest BCUT2D eigenvalue weighted by atomic mass is 19.4. The number of likely N-dealkylation sites (tertiary alicyclic amines) is 1. The van der Waals surface area contributed by atoms with Gasteiger partial charge in [0.15, 0.2) is 5.75 Å². The molecule has 208 valence electrons. The van der Waals surface area contributed by atoms with Crippen LogP contribution in [0.5, 0.6) is 5.75 Å². The van der Waals surface area contributed by atoms with Crippen molar-refractivity contribution in [2.45, 2.75) is 57.7 Å². The number of phenols is 1. The van der Waals surface area contributed by atoms with E-state index in [1.165, 1.54) is 6.07 Å². The van der Waals surface area contributed by atoms with Crippen LogP contribution in [0.3, 0.4) is 0 Å². The first kappa shape index (κ1) is 27.2. The standard InChI is InChI=1S/C29H34F3N5O2/c1-18-6-5-9-37(15-18)16-20-10-23(29(30,31)32)25(38)24(11-20)34-26(39)21-7-4-8-22(12-21)28(13-19(2)14-28)27-35-33-17-36(27)3/h4,7-8,10-12,17-19,38H,5-6,9,13-16H2,1-3H3,(H,34,39)/t18-,19?,28?/m0/s1. The minimum atomic E-state index is -4.77. The SMILES string of the molecule is CC1CC(c2cccc(C(=O)Nc3cc(CN4CCC[C@H](C)C4)cc(C(F)(F)F)c3O)c2)(c2nncn2C)C1. The van der Waals surface area contributed by atoms with Gasteiger partial charge in [0.05, 0.1) is 16.7 Å². The van der Waals surface area contributed by atoms with Crippen molar-refractivity contribution in [2.75, 3.05) is 18.4 Å². The molecule has 1 aromatic heterocycles. The van der Waals surface area contributed by atoms with E-state index in [0.29, 0.717) is 23.9 Å². The zero-order chi connectivity index (χ0) is 27.9. The van der Waals surface area contributed by atoms with Crippen LogP contribution in [0, 0.1) is 11.8 Å². The monoisotopic (exact) mass is 541 g/mol. The van der Waals surface area contributed by atoms with Crippen molar-refractivity contribution in [3.63, 3.8) is 0 Å². The maximum absolute atomic E-state index is 13.8. The van der Waals surface area contributed by atoms with Crippen molar-refractivity contribution in [3.05, 3.63) is 70.8 Å². The van der Waals surface area contributed by atoms with Crippen LogP contribution in [0.15, 0.2) is 42.7 Å². The van der Waals surface area contributed by atoms with Crippen LogP contribution in [0.4, 0.5) is 18.9 Å².